The Labute approximate surface area is 157 Å². The van der Waals surface area contributed by atoms with Crippen molar-refractivity contribution in [3.63, 3.8) is 0 Å². The summed E-state index contributed by atoms with van der Waals surface area (Å²) in [7, 11) is 0. The van der Waals surface area contributed by atoms with Gasteiger partial charge in [-0.05, 0) is 36.4 Å². The van der Waals surface area contributed by atoms with Crippen molar-refractivity contribution in [3.8, 4) is 11.5 Å². The average Bonchev–Trinajstić information content (AvgIpc) is 3.27. The summed E-state index contributed by atoms with van der Waals surface area (Å²) in [4.78, 5) is 17.3. The Bertz CT molecular complexity index is 1020. The van der Waals surface area contributed by atoms with Crippen LogP contribution >= 0.6 is 23.1 Å². The van der Waals surface area contributed by atoms with E-state index in [0.717, 1.165) is 15.9 Å². The molecule has 0 bridgehead atoms. The highest BCUT2D eigenvalue weighted by molar-refractivity contribution is 8.00. The lowest BCUT2D eigenvalue weighted by atomic mass is 10.2. The number of hydrogen-bond acceptors (Lipinski definition) is 5. The molecule has 2 heterocycles. The fraction of sp³-hybridized carbons (Fsp3) is 0.0526. The normalized spacial score (nSPS) is 11.0. The fourth-order valence-corrected chi connectivity index (χ4v) is 3.80. The Balaban J connectivity index is 1.39. The number of thioether (sulfide) groups is 1. The van der Waals surface area contributed by atoms with Crippen LogP contribution in [0.2, 0.25) is 0 Å². The summed E-state index contributed by atoms with van der Waals surface area (Å²) in [6.07, 6.45) is 0. The van der Waals surface area contributed by atoms with E-state index < -0.39 is 0 Å². The molecule has 2 aromatic carbocycles. The highest BCUT2D eigenvalue weighted by Gasteiger charge is 2.12. The smallest absolute Gasteiger partial charge is 0.236 e. The predicted molar refractivity (Wildman–Crippen MR) is 103 cm³/mol. The lowest BCUT2D eigenvalue weighted by Gasteiger charge is -2.02. The van der Waals surface area contributed by atoms with Gasteiger partial charge in [-0.15, -0.1) is 23.1 Å². The van der Waals surface area contributed by atoms with E-state index in [9.17, 15) is 9.18 Å². The van der Waals surface area contributed by atoms with E-state index in [1.807, 2.05) is 35.7 Å². The summed E-state index contributed by atoms with van der Waals surface area (Å²) in [5.74, 6) is 0.443. The van der Waals surface area contributed by atoms with Gasteiger partial charge in [-0.2, -0.15) is 0 Å². The third-order valence-corrected chi connectivity index (χ3v) is 5.38. The van der Waals surface area contributed by atoms with Gasteiger partial charge in [-0.1, -0.05) is 18.2 Å². The van der Waals surface area contributed by atoms with Crippen molar-refractivity contribution in [1.29, 1.82) is 0 Å². The summed E-state index contributed by atoms with van der Waals surface area (Å²) in [5.41, 5.74) is 1.49. The number of fused-ring (bicyclic) bond motifs is 1. The van der Waals surface area contributed by atoms with E-state index >= 15 is 0 Å². The number of rotatable bonds is 5. The molecule has 1 amide bonds. The molecule has 0 fully saturated rings. The molecular formula is C19H13FN2O2S2. The number of carbonyl (C=O) groups excluding carboxylic acids is 1. The molecule has 0 atom stereocenters. The van der Waals surface area contributed by atoms with Crippen LogP contribution in [0.25, 0.3) is 22.4 Å². The van der Waals surface area contributed by atoms with Crippen molar-refractivity contribution in [2.24, 2.45) is 0 Å². The maximum absolute atomic E-state index is 12.9. The van der Waals surface area contributed by atoms with Crippen LogP contribution in [0.5, 0.6) is 0 Å². The fourth-order valence-electron chi connectivity index (χ4n) is 2.39. The van der Waals surface area contributed by atoms with Crippen molar-refractivity contribution in [2.45, 2.75) is 4.90 Å². The van der Waals surface area contributed by atoms with Crippen molar-refractivity contribution in [2.75, 3.05) is 11.1 Å². The van der Waals surface area contributed by atoms with Gasteiger partial charge in [0.2, 0.25) is 5.91 Å². The number of benzene rings is 2. The maximum Gasteiger partial charge on any atom is 0.236 e. The van der Waals surface area contributed by atoms with Crippen molar-refractivity contribution >= 4 is 45.1 Å². The van der Waals surface area contributed by atoms with E-state index in [1.54, 1.807) is 12.1 Å². The van der Waals surface area contributed by atoms with E-state index in [-0.39, 0.29) is 17.5 Å². The Kier molecular flexibility index (Phi) is 4.73. The number of aromatic nitrogens is 1. The first-order valence-corrected chi connectivity index (χ1v) is 9.66. The van der Waals surface area contributed by atoms with E-state index in [4.69, 9.17) is 4.42 Å². The van der Waals surface area contributed by atoms with Gasteiger partial charge in [0.15, 0.2) is 10.9 Å². The highest BCUT2D eigenvalue weighted by Crippen LogP contribution is 2.30. The largest absolute Gasteiger partial charge is 0.454 e. The first-order valence-electron chi connectivity index (χ1n) is 7.80. The van der Waals surface area contributed by atoms with Crippen LogP contribution < -0.4 is 5.32 Å². The summed E-state index contributed by atoms with van der Waals surface area (Å²) in [6.45, 7) is 0. The molecule has 0 radical (unpaired) electrons. The molecule has 0 aliphatic rings. The summed E-state index contributed by atoms with van der Waals surface area (Å²) in [6, 6.07) is 15.7. The first-order chi connectivity index (χ1) is 12.7. The Hall–Kier alpha value is -2.64. The second kappa shape index (κ2) is 7.31. The molecule has 1 N–H and O–H groups in total. The first kappa shape index (κ1) is 16.8. The minimum atomic E-state index is -0.292. The predicted octanol–water partition coefficient (Wildman–Crippen LogP) is 5.43. The van der Waals surface area contributed by atoms with Crippen molar-refractivity contribution < 1.29 is 13.6 Å². The van der Waals surface area contributed by atoms with Gasteiger partial charge < -0.3 is 9.73 Å². The number of furan rings is 1. The third-order valence-electron chi connectivity index (χ3n) is 3.61. The lowest BCUT2D eigenvalue weighted by molar-refractivity contribution is -0.113. The van der Waals surface area contributed by atoms with Crippen molar-refractivity contribution in [3.05, 3.63) is 65.8 Å². The zero-order chi connectivity index (χ0) is 17.9. The molecular weight excluding hydrogens is 371 g/mol. The molecule has 4 rings (SSSR count). The van der Waals surface area contributed by atoms with Gasteiger partial charge in [0.25, 0.3) is 0 Å². The Morgan fingerprint density at radius 2 is 2.00 bits per heavy atom. The van der Waals surface area contributed by atoms with Crippen LogP contribution in [0, 0.1) is 5.82 Å². The van der Waals surface area contributed by atoms with Crippen molar-refractivity contribution in [1.82, 2.24) is 4.98 Å². The van der Waals surface area contributed by atoms with Crippen LogP contribution in [0.4, 0.5) is 9.52 Å². The number of nitrogens with zero attached hydrogens (tertiary/aromatic N) is 1. The Morgan fingerprint density at radius 3 is 2.81 bits per heavy atom. The standard InChI is InChI=1S/C19H13FN2O2S2/c20-13-5-7-14(8-6-13)25-11-18(23)22-19-21-15(10-26-19)17-9-12-3-1-2-4-16(12)24-17/h1-10H,11H2,(H,21,22,23). The molecule has 4 aromatic rings. The molecule has 0 spiro atoms. The van der Waals surface area contributed by atoms with Gasteiger partial charge in [0.05, 0.1) is 5.75 Å². The molecule has 7 heteroatoms. The molecule has 4 nitrogen and oxygen atoms in total. The lowest BCUT2D eigenvalue weighted by Crippen LogP contribution is -2.13. The van der Waals surface area contributed by atoms with Crippen LogP contribution in [0.3, 0.4) is 0 Å². The number of anilines is 1. The van der Waals surface area contributed by atoms with E-state index in [2.05, 4.69) is 10.3 Å². The average molecular weight is 384 g/mol. The van der Waals surface area contributed by atoms with Crippen LogP contribution in [0.15, 0.2) is 69.3 Å². The molecule has 0 saturated carbocycles. The SMILES string of the molecule is O=C(CSc1ccc(F)cc1)Nc1nc(-c2cc3ccccc3o2)cs1. The molecule has 0 unspecified atom stereocenters. The molecule has 0 aliphatic carbocycles. The quantitative estimate of drug-likeness (QED) is 0.467. The summed E-state index contributed by atoms with van der Waals surface area (Å²) in [5, 5.41) is 6.16. The molecule has 0 aliphatic heterocycles. The molecule has 0 saturated heterocycles. The second-order valence-corrected chi connectivity index (χ2v) is 7.38. The topological polar surface area (TPSA) is 55.1 Å². The van der Waals surface area contributed by atoms with Crippen LogP contribution in [0.1, 0.15) is 0 Å². The van der Waals surface area contributed by atoms with Gasteiger partial charge in [-0.3, -0.25) is 4.79 Å². The van der Waals surface area contributed by atoms with Gasteiger partial charge in [0, 0.05) is 15.7 Å². The number of para-hydroxylation sites is 1. The van der Waals surface area contributed by atoms with Gasteiger partial charge in [-0.25, -0.2) is 9.37 Å². The zero-order valence-corrected chi connectivity index (χ0v) is 15.1. The van der Waals surface area contributed by atoms with E-state index in [0.29, 0.717) is 16.6 Å². The van der Waals surface area contributed by atoms with E-state index in [1.165, 1.54) is 35.2 Å². The van der Waals surface area contributed by atoms with Gasteiger partial charge in [0.1, 0.15) is 17.1 Å². The molecule has 26 heavy (non-hydrogen) atoms. The molecule has 130 valence electrons. The zero-order valence-electron chi connectivity index (χ0n) is 13.4. The maximum atomic E-state index is 12.9. The molecule has 2 aromatic heterocycles. The minimum absolute atomic E-state index is 0.162. The number of halogens is 1. The van der Waals surface area contributed by atoms with Crippen LogP contribution in [-0.2, 0) is 4.79 Å². The van der Waals surface area contributed by atoms with Gasteiger partial charge >= 0.3 is 0 Å². The number of thiazole rings is 1. The Morgan fingerprint density at radius 1 is 1.19 bits per heavy atom. The summed E-state index contributed by atoms with van der Waals surface area (Å²) >= 11 is 2.69. The minimum Gasteiger partial charge on any atom is -0.454 e. The third kappa shape index (κ3) is 3.79. The number of hydrogen-bond donors (Lipinski definition) is 1. The van der Waals surface area contributed by atoms with Crippen LogP contribution in [-0.4, -0.2) is 16.6 Å². The number of amides is 1. The highest BCUT2D eigenvalue weighted by atomic mass is 32.2. The summed E-state index contributed by atoms with van der Waals surface area (Å²) < 4.78 is 18.7. The number of carbonyl (C=O) groups is 1. The second-order valence-electron chi connectivity index (χ2n) is 5.48. The monoisotopic (exact) mass is 384 g/mol. The number of nitrogens with one attached hydrogen (secondary N) is 1.